The molecule has 0 aliphatic carbocycles. The summed E-state index contributed by atoms with van der Waals surface area (Å²) in [6, 6.07) is 18.4. The van der Waals surface area contributed by atoms with Crippen molar-refractivity contribution in [1.82, 2.24) is 10.2 Å². The third-order valence-corrected chi connectivity index (χ3v) is 8.99. The van der Waals surface area contributed by atoms with Crippen molar-refractivity contribution in [2.75, 3.05) is 44.1 Å². The molecule has 3 aromatic carbocycles. The van der Waals surface area contributed by atoms with Crippen LogP contribution in [-0.4, -0.2) is 52.6 Å². The first kappa shape index (κ1) is 29.7. The quantitative estimate of drug-likeness (QED) is 0.292. The summed E-state index contributed by atoms with van der Waals surface area (Å²) in [4.78, 5) is 2.70. The Bertz CT molecular complexity index is 1330. The number of benzene rings is 3. The van der Waals surface area contributed by atoms with Crippen LogP contribution < -0.4 is 14.8 Å². The molecule has 2 N–H and O–H groups in total. The molecule has 2 aliphatic rings. The summed E-state index contributed by atoms with van der Waals surface area (Å²) in [6.07, 6.45) is 6.54. The van der Waals surface area contributed by atoms with Crippen molar-refractivity contribution in [3.05, 3.63) is 76.8 Å². The molecular weight excluding hydrogens is 553 g/mol. The van der Waals surface area contributed by atoms with E-state index >= 15 is 0 Å². The van der Waals surface area contributed by atoms with Gasteiger partial charge in [0.15, 0.2) is 0 Å². The highest BCUT2D eigenvalue weighted by Gasteiger charge is 2.20. The van der Waals surface area contributed by atoms with Gasteiger partial charge >= 0.3 is 0 Å². The van der Waals surface area contributed by atoms with Crippen LogP contribution in [0, 0.1) is 0 Å². The maximum absolute atomic E-state index is 13.4. The average molecular weight is 591 g/mol. The molecule has 0 atom stereocenters. The standard InChI is InChI=1S/C30H36ClN3O3S.ClH/c31-27-9-5-23(6-10-27)24-7-11-28(12-8-24)38(35,36)33-29-21-25-13-15-32-16-14-26(25)22-30(29)37-20-4-19-34-17-2-1-3-18-34;/h5-12,21-22,32-33H,1-4,13-20H2;1H. The lowest BCUT2D eigenvalue weighted by Gasteiger charge is -2.26. The van der Waals surface area contributed by atoms with Gasteiger partial charge in [0.2, 0.25) is 0 Å². The lowest BCUT2D eigenvalue weighted by atomic mass is 10.0. The van der Waals surface area contributed by atoms with Gasteiger partial charge in [-0.1, -0.05) is 42.3 Å². The van der Waals surface area contributed by atoms with E-state index in [-0.39, 0.29) is 17.3 Å². The van der Waals surface area contributed by atoms with Crippen molar-refractivity contribution in [1.29, 1.82) is 0 Å². The molecular formula is C30H37Cl2N3O3S. The molecule has 6 nitrogen and oxygen atoms in total. The fraction of sp³-hybridized carbons (Fsp3) is 0.400. The van der Waals surface area contributed by atoms with Crippen molar-refractivity contribution in [2.24, 2.45) is 0 Å². The van der Waals surface area contributed by atoms with E-state index in [1.54, 1.807) is 12.1 Å². The Morgan fingerprint density at radius 3 is 2.15 bits per heavy atom. The first-order valence-corrected chi connectivity index (χ1v) is 15.4. The summed E-state index contributed by atoms with van der Waals surface area (Å²) in [6.45, 7) is 5.67. The number of sulfonamides is 1. The fourth-order valence-corrected chi connectivity index (χ4v) is 6.42. The summed E-state index contributed by atoms with van der Waals surface area (Å²) in [7, 11) is -3.80. The zero-order chi connectivity index (χ0) is 26.4. The molecule has 0 bridgehead atoms. The average Bonchev–Trinajstić information content (AvgIpc) is 3.17. The van der Waals surface area contributed by atoms with Crippen LogP contribution in [0.2, 0.25) is 5.02 Å². The van der Waals surface area contributed by atoms with Crippen molar-refractivity contribution in [3.8, 4) is 16.9 Å². The van der Waals surface area contributed by atoms with Gasteiger partial charge < -0.3 is 15.0 Å². The maximum atomic E-state index is 13.4. The van der Waals surface area contributed by atoms with Crippen LogP contribution in [0.3, 0.4) is 0 Å². The van der Waals surface area contributed by atoms with Gasteiger partial charge in [-0.25, -0.2) is 8.42 Å². The summed E-state index contributed by atoms with van der Waals surface area (Å²) in [5.41, 5.74) is 4.79. The lowest BCUT2D eigenvalue weighted by molar-refractivity contribution is 0.205. The first-order chi connectivity index (χ1) is 18.5. The summed E-state index contributed by atoms with van der Waals surface area (Å²) < 4.78 is 35.9. The minimum absolute atomic E-state index is 0. The molecule has 2 heterocycles. The lowest BCUT2D eigenvalue weighted by Crippen LogP contribution is -2.31. The second-order valence-electron chi connectivity index (χ2n) is 10.1. The number of nitrogens with one attached hydrogen (secondary N) is 2. The highest BCUT2D eigenvalue weighted by molar-refractivity contribution is 7.92. The normalized spacial score (nSPS) is 16.0. The molecule has 1 saturated heterocycles. The van der Waals surface area contributed by atoms with Crippen molar-refractivity contribution >= 4 is 39.7 Å². The zero-order valence-corrected chi connectivity index (χ0v) is 24.5. The van der Waals surface area contributed by atoms with E-state index in [2.05, 4.69) is 14.9 Å². The van der Waals surface area contributed by atoms with Gasteiger partial charge in [-0.15, -0.1) is 12.4 Å². The molecule has 1 fully saturated rings. The predicted octanol–water partition coefficient (Wildman–Crippen LogP) is 6.17. The van der Waals surface area contributed by atoms with Gasteiger partial charge in [-0.05, 0) is 117 Å². The van der Waals surface area contributed by atoms with E-state index in [0.29, 0.717) is 23.1 Å². The minimum Gasteiger partial charge on any atom is -0.491 e. The Hall–Kier alpha value is -2.29. The number of piperidine rings is 1. The van der Waals surface area contributed by atoms with Gasteiger partial charge in [-0.3, -0.25) is 4.72 Å². The Labute approximate surface area is 243 Å². The Morgan fingerprint density at radius 2 is 1.49 bits per heavy atom. The number of ether oxygens (including phenoxy) is 1. The number of halogens is 2. The second-order valence-corrected chi connectivity index (χ2v) is 12.2. The van der Waals surface area contributed by atoms with Crippen molar-refractivity contribution < 1.29 is 13.2 Å². The molecule has 0 amide bonds. The summed E-state index contributed by atoms with van der Waals surface area (Å²) in [5.74, 6) is 0.602. The van der Waals surface area contributed by atoms with Gasteiger partial charge in [0.05, 0.1) is 17.2 Å². The smallest absolute Gasteiger partial charge is 0.262 e. The molecule has 0 radical (unpaired) electrons. The Kier molecular flexibility index (Phi) is 10.6. The van der Waals surface area contributed by atoms with Crippen LogP contribution in [-0.2, 0) is 22.9 Å². The molecule has 39 heavy (non-hydrogen) atoms. The molecule has 0 aromatic heterocycles. The van der Waals surface area contributed by atoms with E-state index in [0.717, 1.165) is 68.7 Å². The van der Waals surface area contributed by atoms with Gasteiger partial charge in [0, 0.05) is 11.6 Å². The topological polar surface area (TPSA) is 70.7 Å². The van der Waals surface area contributed by atoms with E-state index in [1.807, 2.05) is 48.5 Å². The Balaban J connectivity index is 0.00000353. The van der Waals surface area contributed by atoms with E-state index in [1.165, 1.54) is 24.8 Å². The highest BCUT2D eigenvalue weighted by Crippen LogP contribution is 2.33. The monoisotopic (exact) mass is 589 g/mol. The van der Waals surface area contributed by atoms with Crippen LogP contribution in [0.25, 0.3) is 11.1 Å². The number of hydrogen-bond donors (Lipinski definition) is 2. The maximum Gasteiger partial charge on any atom is 0.262 e. The molecule has 2 aliphatic heterocycles. The number of hydrogen-bond acceptors (Lipinski definition) is 5. The number of nitrogens with zero attached hydrogens (tertiary/aromatic N) is 1. The van der Waals surface area contributed by atoms with Crippen molar-refractivity contribution in [3.63, 3.8) is 0 Å². The van der Waals surface area contributed by atoms with Crippen LogP contribution in [0.1, 0.15) is 36.8 Å². The minimum atomic E-state index is -3.80. The first-order valence-electron chi connectivity index (χ1n) is 13.6. The molecule has 0 unspecified atom stereocenters. The fourth-order valence-electron chi connectivity index (χ4n) is 5.23. The van der Waals surface area contributed by atoms with Gasteiger partial charge in [0.1, 0.15) is 5.75 Å². The summed E-state index contributed by atoms with van der Waals surface area (Å²) in [5, 5.41) is 4.09. The zero-order valence-electron chi connectivity index (χ0n) is 22.1. The summed E-state index contributed by atoms with van der Waals surface area (Å²) >= 11 is 6.00. The Morgan fingerprint density at radius 1 is 0.872 bits per heavy atom. The van der Waals surface area contributed by atoms with Gasteiger partial charge in [0.25, 0.3) is 10.0 Å². The molecule has 3 aromatic rings. The third kappa shape index (κ3) is 7.89. The van der Waals surface area contributed by atoms with Crippen LogP contribution in [0.15, 0.2) is 65.6 Å². The highest BCUT2D eigenvalue weighted by atomic mass is 35.5. The van der Waals surface area contributed by atoms with E-state index < -0.39 is 10.0 Å². The number of likely N-dealkylation sites (tertiary alicyclic amines) is 1. The van der Waals surface area contributed by atoms with E-state index in [4.69, 9.17) is 16.3 Å². The van der Waals surface area contributed by atoms with Crippen LogP contribution in [0.5, 0.6) is 5.75 Å². The largest absolute Gasteiger partial charge is 0.491 e. The third-order valence-electron chi connectivity index (χ3n) is 7.36. The molecule has 0 saturated carbocycles. The molecule has 9 heteroatoms. The van der Waals surface area contributed by atoms with Crippen molar-refractivity contribution in [2.45, 2.75) is 43.4 Å². The predicted molar refractivity (Wildman–Crippen MR) is 162 cm³/mol. The van der Waals surface area contributed by atoms with Crippen LogP contribution in [0.4, 0.5) is 5.69 Å². The molecule has 0 spiro atoms. The number of fused-ring (bicyclic) bond motifs is 1. The number of anilines is 1. The molecule has 5 rings (SSSR count). The number of rotatable bonds is 9. The SMILES string of the molecule is Cl.O=S(=O)(Nc1cc2c(cc1OCCCN1CCCCC1)CCNCC2)c1ccc(-c2ccc(Cl)cc2)cc1. The van der Waals surface area contributed by atoms with Crippen LogP contribution >= 0.6 is 24.0 Å². The van der Waals surface area contributed by atoms with E-state index in [9.17, 15) is 8.42 Å². The molecule has 210 valence electrons. The van der Waals surface area contributed by atoms with Gasteiger partial charge in [-0.2, -0.15) is 0 Å². The second kappa shape index (κ2) is 13.9.